The third-order valence-electron chi connectivity index (χ3n) is 9.62. The Labute approximate surface area is 302 Å². The molecule has 0 bridgehead atoms. The molecule has 2 N–H and O–H groups in total. The quantitative estimate of drug-likeness (QED) is 0.135. The third kappa shape index (κ3) is 8.69. The molecule has 276 valence electrons. The molecule has 0 aliphatic carbocycles. The molecule has 0 saturated carbocycles. The van der Waals surface area contributed by atoms with Gasteiger partial charge in [0.25, 0.3) is 0 Å². The number of aromatic nitrogens is 1. The van der Waals surface area contributed by atoms with Gasteiger partial charge in [0.05, 0.1) is 22.9 Å². The second-order valence-corrected chi connectivity index (χ2v) is 21.0. The standard InChI is InChI=1S/C36H47Cl2F4N3O4Si/c1-20-11-10-12-23(28(20)36(40,41)42)27-26(37)18-24-30(25(19-46)32(38)44-31(24)29(27)39)43-21-13-15-45(33(47)49-34(2,3)4)22(17-21)14-16-48-50(8,9)35(5,6)7/h10-12,18,21-22,46H,13-17,19H2,1-9H3,(H,43,44)/t21-,22+/m0/s1. The molecule has 3 aromatic rings. The molecular weight excluding hydrogens is 713 g/mol. The Balaban J connectivity index is 1.74. The number of nitrogens with zero attached hydrogens (tertiary/aromatic N) is 2. The number of alkyl halides is 3. The molecule has 1 saturated heterocycles. The first-order valence-corrected chi connectivity index (χ1v) is 20.3. The number of carbonyl (C=O) groups excluding carboxylic acids is 1. The second-order valence-electron chi connectivity index (χ2n) is 15.4. The van der Waals surface area contributed by atoms with E-state index in [1.165, 1.54) is 31.2 Å². The van der Waals surface area contributed by atoms with Crippen LogP contribution in [0, 0.1) is 12.7 Å². The summed E-state index contributed by atoms with van der Waals surface area (Å²) in [7, 11) is -2.07. The van der Waals surface area contributed by atoms with Gasteiger partial charge in [-0.25, -0.2) is 14.2 Å². The first-order valence-electron chi connectivity index (χ1n) is 16.6. The minimum absolute atomic E-state index is 0.000931. The lowest BCUT2D eigenvalue weighted by Gasteiger charge is -2.42. The van der Waals surface area contributed by atoms with Crippen LogP contribution in [0.1, 0.15) is 77.5 Å². The Hall–Kier alpha value is -2.64. The molecule has 1 amide bonds. The van der Waals surface area contributed by atoms with E-state index in [2.05, 4.69) is 44.2 Å². The van der Waals surface area contributed by atoms with Crippen LogP contribution in [0.2, 0.25) is 28.3 Å². The number of benzene rings is 2. The van der Waals surface area contributed by atoms with E-state index in [9.17, 15) is 23.1 Å². The maximum Gasteiger partial charge on any atom is 0.417 e. The number of amides is 1. The number of fused-ring (bicyclic) bond motifs is 1. The number of aliphatic hydroxyl groups is 1. The number of halogens is 6. The van der Waals surface area contributed by atoms with Crippen molar-refractivity contribution in [2.24, 2.45) is 0 Å². The molecule has 14 heteroatoms. The zero-order valence-corrected chi connectivity index (χ0v) is 32.6. The van der Waals surface area contributed by atoms with Crippen molar-refractivity contribution >= 4 is 54.2 Å². The topological polar surface area (TPSA) is 83.9 Å². The molecule has 50 heavy (non-hydrogen) atoms. The highest BCUT2D eigenvalue weighted by Crippen LogP contribution is 2.46. The summed E-state index contributed by atoms with van der Waals surface area (Å²) in [6, 6.07) is 4.65. The number of aryl methyl sites for hydroxylation is 1. The summed E-state index contributed by atoms with van der Waals surface area (Å²) in [6.07, 6.45) is -3.74. The first kappa shape index (κ1) is 40.1. The van der Waals surface area contributed by atoms with Gasteiger partial charge >= 0.3 is 12.3 Å². The van der Waals surface area contributed by atoms with Crippen LogP contribution in [0.5, 0.6) is 0 Å². The van der Waals surface area contributed by atoms with E-state index in [0.717, 1.165) is 0 Å². The Morgan fingerprint density at radius 1 is 1.14 bits per heavy atom. The minimum atomic E-state index is -4.77. The number of rotatable bonds is 8. The summed E-state index contributed by atoms with van der Waals surface area (Å²) in [6.45, 7) is 17.7. The summed E-state index contributed by atoms with van der Waals surface area (Å²) in [5, 5.41) is 13.4. The fourth-order valence-corrected chi connectivity index (χ4v) is 7.63. The van der Waals surface area contributed by atoms with Gasteiger partial charge in [0.2, 0.25) is 0 Å². The first-order chi connectivity index (χ1) is 23.0. The minimum Gasteiger partial charge on any atom is -0.444 e. The van der Waals surface area contributed by atoms with Gasteiger partial charge in [-0.3, -0.25) is 0 Å². The predicted octanol–water partition coefficient (Wildman–Crippen LogP) is 10.8. The van der Waals surface area contributed by atoms with Gasteiger partial charge in [-0.2, -0.15) is 13.2 Å². The van der Waals surface area contributed by atoms with Crippen LogP contribution in [0.15, 0.2) is 24.3 Å². The lowest BCUT2D eigenvalue weighted by molar-refractivity contribution is -0.137. The molecule has 2 atom stereocenters. The van der Waals surface area contributed by atoms with E-state index in [4.69, 9.17) is 32.4 Å². The Morgan fingerprint density at radius 2 is 1.80 bits per heavy atom. The normalized spacial score (nSPS) is 17.7. The van der Waals surface area contributed by atoms with Crippen LogP contribution < -0.4 is 5.32 Å². The number of carbonyl (C=O) groups is 1. The fraction of sp³-hybridized carbons (Fsp3) is 0.556. The number of likely N-dealkylation sites (tertiary alicyclic amines) is 1. The lowest BCUT2D eigenvalue weighted by atomic mass is 9.92. The van der Waals surface area contributed by atoms with Crippen molar-refractivity contribution in [3.63, 3.8) is 0 Å². The monoisotopic (exact) mass is 759 g/mol. The Bertz CT molecular complexity index is 1740. The molecule has 0 radical (unpaired) electrons. The molecule has 1 aliphatic heterocycles. The number of anilines is 1. The molecular formula is C36H47Cl2F4N3O4Si. The summed E-state index contributed by atoms with van der Waals surface area (Å²) < 4.78 is 71.1. The maximum atomic E-state index is 16.4. The van der Waals surface area contributed by atoms with E-state index in [-0.39, 0.29) is 55.0 Å². The number of hydrogen-bond donors (Lipinski definition) is 2. The summed E-state index contributed by atoms with van der Waals surface area (Å²) in [4.78, 5) is 19.2. The van der Waals surface area contributed by atoms with Crippen LogP contribution in [0.4, 0.5) is 28.0 Å². The van der Waals surface area contributed by atoms with E-state index in [1.807, 2.05) is 20.8 Å². The van der Waals surface area contributed by atoms with Gasteiger partial charge in [0.1, 0.15) is 16.3 Å². The van der Waals surface area contributed by atoms with Crippen molar-refractivity contribution in [1.29, 1.82) is 0 Å². The molecule has 1 aromatic heterocycles. The Morgan fingerprint density at radius 3 is 2.38 bits per heavy atom. The molecule has 1 fully saturated rings. The van der Waals surface area contributed by atoms with E-state index >= 15 is 4.39 Å². The van der Waals surface area contributed by atoms with Crippen molar-refractivity contribution in [2.45, 2.75) is 116 Å². The van der Waals surface area contributed by atoms with Crippen LogP contribution in [-0.2, 0) is 21.9 Å². The van der Waals surface area contributed by atoms with Crippen molar-refractivity contribution in [2.75, 3.05) is 18.5 Å². The number of hydrogen-bond acceptors (Lipinski definition) is 6. The maximum absolute atomic E-state index is 16.4. The van der Waals surface area contributed by atoms with Gasteiger partial charge in [-0.15, -0.1) is 0 Å². The average molecular weight is 761 g/mol. The molecule has 2 heterocycles. The third-order valence-corrected chi connectivity index (χ3v) is 14.8. The van der Waals surface area contributed by atoms with Crippen molar-refractivity contribution in [3.8, 4) is 11.1 Å². The molecule has 1 aliphatic rings. The van der Waals surface area contributed by atoms with Crippen LogP contribution in [0.25, 0.3) is 22.0 Å². The smallest absolute Gasteiger partial charge is 0.417 e. The summed E-state index contributed by atoms with van der Waals surface area (Å²) in [5.74, 6) is -1.07. The number of ether oxygens (including phenoxy) is 1. The molecule has 0 spiro atoms. The number of aliphatic hydroxyl groups excluding tert-OH is 1. The lowest BCUT2D eigenvalue weighted by Crippen LogP contribution is -2.51. The van der Waals surface area contributed by atoms with Crippen molar-refractivity contribution in [1.82, 2.24) is 9.88 Å². The van der Waals surface area contributed by atoms with Gasteiger partial charge in [-0.1, -0.05) is 62.2 Å². The van der Waals surface area contributed by atoms with Crippen LogP contribution in [0.3, 0.4) is 0 Å². The summed E-state index contributed by atoms with van der Waals surface area (Å²) >= 11 is 13.1. The van der Waals surface area contributed by atoms with Gasteiger partial charge in [0, 0.05) is 41.7 Å². The molecule has 0 unspecified atom stereocenters. The number of piperidine rings is 1. The zero-order valence-electron chi connectivity index (χ0n) is 30.0. The average Bonchev–Trinajstić information content (AvgIpc) is 2.96. The van der Waals surface area contributed by atoms with Gasteiger partial charge < -0.3 is 24.5 Å². The highest BCUT2D eigenvalue weighted by molar-refractivity contribution is 6.74. The molecule has 2 aromatic carbocycles. The molecule has 4 rings (SSSR count). The van der Waals surface area contributed by atoms with Crippen LogP contribution in [-0.4, -0.2) is 60.2 Å². The number of pyridine rings is 1. The van der Waals surface area contributed by atoms with E-state index in [1.54, 1.807) is 4.90 Å². The van der Waals surface area contributed by atoms with Crippen molar-refractivity contribution < 1.29 is 36.6 Å². The highest BCUT2D eigenvalue weighted by Gasteiger charge is 2.40. The van der Waals surface area contributed by atoms with Crippen LogP contribution >= 0.6 is 23.2 Å². The van der Waals surface area contributed by atoms with Gasteiger partial charge in [-0.05, 0) is 82.3 Å². The molecule has 7 nitrogen and oxygen atoms in total. The van der Waals surface area contributed by atoms with Crippen molar-refractivity contribution in [3.05, 3.63) is 56.9 Å². The predicted molar refractivity (Wildman–Crippen MR) is 194 cm³/mol. The Kier molecular flexibility index (Phi) is 11.9. The van der Waals surface area contributed by atoms with Gasteiger partial charge in [0.15, 0.2) is 14.1 Å². The largest absolute Gasteiger partial charge is 0.444 e. The SMILES string of the molecule is Cc1cccc(-c2c(Cl)cc3c(N[C@H]4CCN(C(=O)OC(C)(C)C)[C@H](CCO[Si](C)(C)C(C)(C)C)C4)c(CO)c(Cl)nc3c2F)c1C(F)(F)F. The number of nitrogens with one attached hydrogen (secondary N) is 1. The zero-order chi connectivity index (χ0) is 37.6. The van der Waals surface area contributed by atoms with E-state index in [0.29, 0.717) is 32.4 Å². The summed E-state index contributed by atoms with van der Waals surface area (Å²) in [5.41, 5.74) is -2.50. The van der Waals surface area contributed by atoms with E-state index < -0.39 is 55.3 Å². The fourth-order valence-electron chi connectivity index (χ4n) is 6.04. The highest BCUT2D eigenvalue weighted by atomic mass is 35.5. The second kappa shape index (κ2) is 14.8.